The molecule has 16 heavy (non-hydrogen) atoms. The molecule has 2 rings (SSSR count). The Hall–Kier alpha value is -1.22. The lowest BCUT2D eigenvalue weighted by molar-refractivity contribution is 0.142. The molecule has 0 amide bonds. The lowest BCUT2D eigenvalue weighted by Crippen LogP contribution is -2.30. The molecule has 0 atom stereocenters. The van der Waals surface area contributed by atoms with Crippen LogP contribution < -0.4 is 11.1 Å². The van der Waals surface area contributed by atoms with Crippen LogP contribution in [0.1, 0.15) is 25.7 Å². The van der Waals surface area contributed by atoms with Crippen LogP contribution in [0.3, 0.4) is 0 Å². The maximum atomic E-state index is 9.48. The summed E-state index contributed by atoms with van der Waals surface area (Å²) in [6, 6.07) is 7.75. The van der Waals surface area contributed by atoms with Crippen LogP contribution in [0, 0.1) is 5.41 Å². The van der Waals surface area contributed by atoms with E-state index in [0.717, 1.165) is 30.8 Å². The number of rotatable bonds is 4. The van der Waals surface area contributed by atoms with Gasteiger partial charge in [0.1, 0.15) is 0 Å². The second-order valence-corrected chi connectivity index (χ2v) is 4.84. The van der Waals surface area contributed by atoms with Crippen LogP contribution in [0.2, 0.25) is 0 Å². The monoisotopic (exact) mass is 220 g/mol. The fraction of sp³-hybridized carbons (Fsp3) is 0.538. The molecular weight excluding hydrogens is 200 g/mol. The first-order valence-corrected chi connectivity index (χ1v) is 5.94. The lowest BCUT2D eigenvalue weighted by atomic mass is 9.87. The van der Waals surface area contributed by atoms with Crippen molar-refractivity contribution < 1.29 is 5.11 Å². The highest BCUT2D eigenvalue weighted by Crippen LogP contribution is 2.37. The smallest absolute Gasteiger partial charge is 0.0504 e. The average Bonchev–Trinajstić information content (AvgIpc) is 2.78. The molecule has 1 fully saturated rings. The molecule has 88 valence electrons. The van der Waals surface area contributed by atoms with Gasteiger partial charge in [-0.05, 0) is 37.1 Å². The quantitative estimate of drug-likeness (QED) is 0.682. The Kier molecular flexibility index (Phi) is 3.34. The van der Waals surface area contributed by atoms with Crippen molar-refractivity contribution in [2.75, 3.05) is 24.2 Å². The normalized spacial score (nSPS) is 18.6. The molecule has 4 N–H and O–H groups in total. The summed E-state index contributed by atoms with van der Waals surface area (Å²) in [7, 11) is 0. The van der Waals surface area contributed by atoms with E-state index < -0.39 is 0 Å². The van der Waals surface area contributed by atoms with Crippen LogP contribution in [-0.4, -0.2) is 18.3 Å². The number of nitrogen functional groups attached to an aromatic ring is 1. The molecular formula is C13H20N2O. The molecule has 0 radical (unpaired) electrons. The number of hydrogen-bond donors (Lipinski definition) is 3. The topological polar surface area (TPSA) is 58.3 Å². The summed E-state index contributed by atoms with van der Waals surface area (Å²) in [6.07, 6.45) is 4.74. The average molecular weight is 220 g/mol. The van der Waals surface area contributed by atoms with Gasteiger partial charge >= 0.3 is 0 Å². The van der Waals surface area contributed by atoms with Gasteiger partial charge in [0.25, 0.3) is 0 Å². The fourth-order valence-electron chi connectivity index (χ4n) is 2.41. The van der Waals surface area contributed by atoms with Gasteiger partial charge in [0, 0.05) is 23.3 Å². The van der Waals surface area contributed by atoms with Crippen LogP contribution in [-0.2, 0) is 0 Å². The molecule has 0 bridgehead atoms. The Morgan fingerprint density at radius 2 is 1.81 bits per heavy atom. The Morgan fingerprint density at radius 1 is 1.19 bits per heavy atom. The van der Waals surface area contributed by atoms with Crippen molar-refractivity contribution in [1.82, 2.24) is 0 Å². The Balaban J connectivity index is 1.93. The predicted octanol–water partition coefficient (Wildman–Crippen LogP) is 2.23. The first-order valence-electron chi connectivity index (χ1n) is 5.94. The summed E-state index contributed by atoms with van der Waals surface area (Å²) in [4.78, 5) is 0. The van der Waals surface area contributed by atoms with Crippen molar-refractivity contribution in [2.24, 2.45) is 5.41 Å². The number of nitrogens with one attached hydrogen (secondary N) is 1. The van der Waals surface area contributed by atoms with Crippen LogP contribution >= 0.6 is 0 Å². The summed E-state index contributed by atoms with van der Waals surface area (Å²) in [5, 5.41) is 12.9. The molecule has 0 saturated heterocycles. The standard InChI is InChI=1S/C13H20N2O/c14-11-3-5-12(6-4-11)15-9-13(10-16)7-1-2-8-13/h3-6,15-16H,1-2,7-10,14H2. The van der Waals surface area contributed by atoms with Gasteiger partial charge in [-0.1, -0.05) is 12.8 Å². The summed E-state index contributed by atoms with van der Waals surface area (Å²) >= 11 is 0. The Labute approximate surface area is 96.7 Å². The van der Waals surface area contributed by atoms with Gasteiger partial charge in [0.2, 0.25) is 0 Å². The summed E-state index contributed by atoms with van der Waals surface area (Å²) in [5.41, 5.74) is 7.59. The molecule has 0 unspecified atom stereocenters. The van der Waals surface area contributed by atoms with Crippen molar-refractivity contribution in [1.29, 1.82) is 0 Å². The SMILES string of the molecule is Nc1ccc(NCC2(CO)CCCC2)cc1. The highest BCUT2D eigenvalue weighted by Gasteiger charge is 2.32. The molecule has 1 aliphatic rings. The van der Waals surface area contributed by atoms with E-state index in [2.05, 4.69) is 5.32 Å². The molecule has 1 aliphatic carbocycles. The van der Waals surface area contributed by atoms with Gasteiger partial charge in [0.15, 0.2) is 0 Å². The lowest BCUT2D eigenvalue weighted by Gasteiger charge is -2.27. The van der Waals surface area contributed by atoms with Crippen molar-refractivity contribution >= 4 is 11.4 Å². The summed E-state index contributed by atoms with van der Waals surface area (Å²) < 4.78 is 0. The van der Waals surface area contributed by atoms with Gasteiger partial charge < -0.3 is 16.2 Å². The minimum atomic E-state index is 0.0986. The van der Waals surface area contributed by atoms with Crippen LogP contribution in [0.15, 0.2) is 24.3 Å². The van der Waals surface area contributed by atoms with E-state index in [1.165, 1.54) is 12.8 Å². The highest BCUT2D eigenvalue weighted by atomic mass is 16.3. The number of hydrogen-bond acceptors (Lipinski definition) is 3. The molecule has 1 aromatic rings. The maximum absolute atomic E-state index is 9.48. The summed E-state index contributed by atoms with van der Waals surface area (Å²) in [6.45, 7) is 1.14. The molecule has 1 aromatic carbocycles. The molecule has 0 aliphatic heterocycles. The third-order valence-electron chi connectivity index (χ3n) is 3.58. The zero-order valence-corrected chi connectivity index (χ0v) is 9.58. The van der Waals surface area contributed by atoms with Crippen molar-refractivity contribution in [3.8, 4) is 0 Å². The Bertz CT molecular complexity index is 328. The molecule has 0 heterocycles. The van der Waals surface area contributed by atoms with E-state index in [1.807, 2.05) is 24.3 Å². The summed E-state index contributed by atoms with van der Waals surface area (Å²) in [5.74, 6) is 0. The molecule has 3 nitrogen and oxygen atoms in total. The number of nitrogens with two attached hydrogens (primary N) is 1. The largest absolute Gasteiger partial charge is 0.399 e. The number of anilines is 2. The van der Waals surface area contributed by atoms with E-state index in [1.54, 1.807) is 0 Å². The second-order valence-electron chi connectivity index (χ2n) is 4.84. The van der Waals surface area contributed by atoms with E-state index in [-0.39, 0.29) is 12.0 Å². The number of aliphatic hydroxyl groups is 1. The number of benzene rings is 1. The van der Waals surface area contributed by atoms with Crippen molar-refractivity contribution in [3.63, 3.8) is 0 Å². The zero-order valence-electron chi connectivity index (χ0n) is 9.58. The van der Waals surface area contributed by atoms with Gasteiger partial charge in [-0.25, -0.2) is 0 Å². The van der Waals surface area contributed by atoms with E-state index in [4.69, 9.17) is 5.73 Å². The van der Waals surface area contributed by atoms with Gasteiger partial charge in [0.05, 0.1) is 6.61 Å². The first kappa shape index (κ1) is 11.3. The van der Waals surface area contributed by atoms with Crippen molar-refractivity contribution in [2.45, 2.75) is 25.7 Å². The zero-order chi connectivity index (χ0) is 11.4. The van der Waals surface area contributed by atoms with E-state index in [9.17, 15) is 5.11 Å². The van der Waals surface area contributed by atoms with E-state index in [0.29, 0.717) is 0 Å². The number of aliphatic hydroxyl groups excluding tert-OH is 1. The minimum absolute atomic E-state index is 0.0986. The maximum Gasteiger partial charge on any atom is 0.0504 e. The molecule has 3 heteroatoms. The van der Waals surface area contributed by atoms with Crippen LogP contribution in [0.25, 0.3) is 0 Å². The van der Waals surface area contributed by atoms with Gasteiger partial charge in [-0.3, -0.25) is 0 Å². The first-order chi connectivity index (χ1) is 7.74. The van der Waals surface area contributed by atoms with Crippen molar-refractivity contribution in [3.05, 3.63) is 24.3 Å². The molecule has 1 saturated carbocycles. The van der Waals surface area contributed by atoms with Crippen LogP contribution in [0.5, 0.6) is 0 Å². The van der Waals surface area contributed by atoms with Gasteiger partial charge in [-0.2, -0.15) is 0 Å². The second kappa shape index (κ2) is 4.74. The highest BCUT2D eigenvalue weighted by molar-refractivity contribution is 5.51. The fourth-order valence-corrected chi connectivity index (χ4v) is 2.41. The predicted molar refractivity (Wildman–Crippen MR) is 67.3 cm³/mol. The third-order valence-corrected chi connectivity index (χ3v) is 3.58. The molecule has 0 aromatic heterocycles. The molecule has 0 spiro atoms. The van der Waals surface area contributed by atoms with Gasteiger partial charge in [-0.15, -0.1) is 0 Å². The van der Waals surface area contributed by atoms with Crippen LogP contribution in [0.4, 0.5) is 11.4 Å². The Morgan fingerprint density at radius 3 is 2.38 bits per heavy atom. The minimum Gasteiger partial charge on any atom is -0.399 e. The third kappa shape index (κ3) is 2.47. The van der Waals surface area contributed by atoms with E-state index >= 15 is 0 Å².